The topological polar surface area (TPSA) is 41.4 Å². The lowest BCUT2D eigenvalue weighted by Gasteiger charge is -2.42. The molecule has 1 aliphatic heterocycles. The lowest BCUT2D eigenvalue weighted by atomic mass is 10.0. The molecule has 1 saturated carbocycles. The van der Waals surface area contributed by atoms with E-state index in [4.69, 9.17) is 0 Å². The van der Waals surface area contributed by atoms with Gasteiger partial charge in [0.05, 0.1) is 23.1 Å². The standard InChI is InChI=1S/C25H28N4O/c1-19-24(17-26-29(19)22-10-6-3-7-11-22)25(30)28-15-14-27(21-12-13-21)18-23(28)16-20-8-4-2-5-9-20/h2-11,17,21,23H,12-16,18H2,1H3. The maximum atomic E-state index is 13.6. The number of hydrogen-bond donors (Lipinski definition) is 0. The van der Waals surface area contributed by atoms with Gasteiger partial charge in [-0.05, 0) is 43.9 Å². The lowest BCUT2D eigenvalue weighted by Crippen LogP contribution is -2.56. The summed E-state index contributed by atoms with van der Waals surface area (Å²) in [4.78, 5) is 18.3. The van der Waals surface area contributed by atoms with Crippen molar-refractivity contribution in [3.63, 3.8) is 0 Å². The van der Waals surface area contributed by atoms with Crippen LogP contribution in [-0.2, 0) is 6.42 Å². The zero-order valence-electron chi connectivity index (χ0n) is 17.4. The quantitative estimate of drug-likeness (QED) is 0.656. The summed E-state index contributed by atoms with van der Waals surface area (Å²) in [6.07, 6.45) is 5.23. The lowest BCUT2D eigenvalue weighted by molar-refractivity contribution is 0.0436. The molecular weight excluding hydrogens is 372 g/mol. The number of rotatable bonds is 5. The average Bonchev–Trinajstić information content (AvgIpc) is 3.57. The Morgan fingerprint density at radius 1 is 1.00 bits per heavy atom. The zero-order valence-corrected chi connectivity index (χ0v) is 17.4. The highest BCUT2D eigenvalue weighted by Gasteiger charge is 2.38. The van der Waals surface area contributed by atoms with E-state index in [1.165, 1.54) is 18.4 Å². The van der Waals surface area contributed by atoms with Crippen molar-refractivity contribution in [1.29, 1.82) is 0 Å². The van der Waals surface area contributed by atoms with Gasteiger partial charge in [-0.3, -0.25) is 9.69 Å². The summed E-state index contributed by atoms with van der Waals surface area (Å²) in [7, 11) is 0. The van der Waals surface area contributed by atoms with E-state index in [1.807, 2.05) is 48.0 Å². The molecule has 30 heavy (non-hydrogen) atoms. The minimum atomic E-state index is 0.103. The highest BCUT2D eigenvalue weighted by atomic mass is 16.2. The van der Waals surface area contributed by atoms with E-state index >= 15 is 0 Å². The summed E-state index contributed by atoms with van der Waals surface area (Å²) < 4.78 is 1.86. The predicted octanol–water partition coefficient (Wildman–Crippen LogP) is 3.71. The van der Waals surface area contributed by atoms with Crippen molar-refractivity contribution in [1.82, 2.24) is 19.6 Å². The first kappa shape index (κ1) is 19.1. The van der Waals surface area contributed by atoms with Crippen LogP contribution in [0.5, 0.6) is 0 Å². The molecule has 5 heteroatoms. The molecule has 1 aromatic heterocycles. The number of amides is 1. The normalized spacial score (nSPS) is 19.8. The van der Waals surface area contributed by atoms with Crippen LogP contribution >= 0.6 is 0 Å². The molecule has 0 bridgehead atoms. The van der Waals surface area contributed by atoms with Crippen molar-refractivity contribution < 1.29 is 4.79 Å². The van der Waals surface area contributed by atoms with Crippen molar-refractivity contribution in [2.75, 3.05) is 19.6 Å². The number of nitrogens with zero attached hydrogens (tertiary/aromatic N) is 4. The fraction of sp³-hybridized carbons (Fsp3) is 0.360. The molecule has 2 aliphatic rings. The van der Waals surface area contributed by atoms with Gasteiger partial charge in [-0.1, -0.05) is 48.5 Å². The van der Waals surface area contributed by atoms with E-state index in [0.29, 0.717) is 5.56 Å². The highest BCUT2D eigenvalue weighted by Crippen LogP contribution is 2.30. The minimum Gasteiger partial charge on any atom is -0.333 e. The van der Waals surface area contributed by atoms with E-state index in [9.17, 15) is 4.79 Å². The van der Waals surface area contributed by atoms with Crippen molar-refractivity contribution in [2.45, 2.75) is 38.3 Å². The average molecular weight is 401 g/mol. The number of carbonyl (C=O) groups excluding carboxylic acids is 1. The Balaban J connectivity index is 1.41. The summed E-state index contributed by atoms with van der Waals surface area (Å²) in [5, 5.41) is 4.52. The van der Waals surface area contributed by atoms with Crippen LogP contribution in [0.2, 0.25) is 0 Å². The van der Waals surface area contributed by atoms with Gasteiger partial charge in [-0.2, -0.15) is 5.10 Å². The predicted molar refractivity (Wildman–Crippen MR) is 118 cm³/mol. The number of piperazine rings is 1. The summed E-state index contributed by atoms with van der Waals surface area (Å²) in [5.41, 5.74) is 3.87. The van der Waals surface area contributed by atoms with E-state index < -0.39 is 0 Å². The second kappa shape index (κ2) is 8.07. The minimum absolute atomic E-state index is 0.103. The Kier molecular flexibility index (Phi) is 5.13. The van der Waals surface area contributed by atoms with Gasteiger partial charge in [-0.15, -0.1) is 0 Å². The van der Waals surface area contributed by atoms with Crippen LogP contribution in [0.4, 0.5) is 0 Å². The molecule has 5 nitrogen and oxygen atoms in total. The molecule has 2 aromatic carbocycles. The number of para-hydroxylation sites is 1. The molecule has 1 amide bonds. The molecule has 1 atom stereocenters. The molecule has 1 aliphatic carbocycles. The third-order valence-corrected chi connectivity index (χ3v) is 6.39. The molecule has 154 valence electrons. The first-order valence-electron chi connectivity index (χ1n) is 10.9. The molecule has 3 aromatic rings. The third-order valence-electron chi connectivity index (χ3n) is 6.39. The van der Waals surface area contributed by atoms with Crippen LogP contribution in [0.3, 0.4) is 0 Å². The van der Waals surface area contributed by atoms with Gasteiger partial charge in [0.25, 0.3) is 5.91 Å². The van der Waals surface area contributed by atoms with Crippen molar-refractivity contribution in [2.24, 2.45) is 0 Å². The fourth-order valence-corrected chi connectivity index (χ4v) is 4.58. The van der Waals surface area contributed by atoms with Crippen molar-refractivity contribution >= 4 is 5.91 Å². The number of carbonyl (C=O) groups is 1. The van der Waals surface area contributed by atoms with Gasteiger partial charge < -0.3 is 4.90 Å². The van der Waals surface area contributed by atoms with Gasteiger partial charge >= 0.3 is 0 Å². The van der Waals surface area contributed by atoms with Crippen LogP contribution < -0.4 is 0 Å². The van der Waals surface area contributed by atoms with Crippen LogP contribution in [-0.4, -0.2) is 57.2 Å². The van der Waals surface area contributed by atoms with E-state index in [1.54, 1.807) is 6.20 Å². The summed E-state index contributed by atoms with van der Waals surface area (Å²) >= 11 is 0. The summed E-state index contributed by atoms with van der Waals surface area (Å²) in [5.74, 6) is 0.103. The smallest absolute Gasteiger partial charge is 0.257 e. The van der Waals surface area contributed by atoms with Gasteiger partial charge in [-0.25, -0.2) is 4.68 Å². The van der Waals surface area contributed by atoms with Crippen molar-refractivity contribution in [3.05, 3.63) is 83.7 Å². The molecule has 2 heterocycles. The largest absolute Gasteiger partial charge is 0.333 e. The van der Waals surface area contributed by atoms with Gasteiger partial charge in [0, 0.05) is 31.7 Å². The first-order valence-corrected chi connectivity index (χ1v) is 10.9. The third kappa shape index (κ3) is 3.77. The fourth-order valence-electron chi connectivity index (χ4n) is 4.58. The second-order valence-corrected chi connectivity index (χ2v) is 8.46. The Morgan fingerprint density at radius 2 is 1.70 bits per heavy atom. The van der Waals surface area contributed by atoms with Crippen LogP contribution in [0.15, 0.2) is 66.9 Å². The van der Waals surface area contributed by atoms with Crippen LogP contribution in [0, 0.1) is 6.92 Å². The Labute approximate surface area is 177 Å². The molecule has 2 fully saturated rings. The Hall–Kier alpha value is -2.92. The van der Waals surface area contributed by atoms with E-state index in [0.717, 1.165) is 43.5 Å². The van der Waals surface area contributed by atoms with Crippen LogP contribution in [0.25, 0.3) is 5.69 Å². The van der Waals surface area contributed by atoms with Gasteiger partial charge in [0.2, 0.25) is 0 Å². The molecule has 1 saturated heterocycles. The molecule has 5 rings (SSSR count). The van der Waals surface area contributed by atoms with Crippen LogP contribution in [0.1, 0.15) is 34.5 Å². The molecule has 0 N–H and O–H groups in total. The van der Waals surface area contributed by atoms with Gasteiger partial charge in [0.15, 0.2) is 0 Å². The van der Waals surface area contributed by atoms with E-state index in [2.05, 4.69) is 39.2 Å². The zero-order chi connectivity index (χ0) is 20.5. The second-order valence-electron chi connectivity index (χ2n) is 8.46. The Morgan fingerprint density at radius 3 is 2.40 bits per heavy atom. The molecule has 1 unspecified atom stereocenters. The number of aromatic nitrogens is 2. The SMILES string of the molecule is Cc1c(C(=O)N2CCN(C3CC3)CC2Cc2ccccc2)cnn1-c1ccccc1. The van der Waals surface area contributed by atoms with Crippen molar-refractivity contribution in [3.8, 4) is 5.69 Å². The molecule has 0 spiro atoms. The number of benzene rings is 2. The maximum Gasteiger partial charge on any atom is 0.257 e. The highest BCUT2D eigenvalue weighted by molar-refractivity contribution is 5.95. The molecular formula is C25H28N4O. The summed E-state index contributed by atoms with van der Waals surface area (Å²) in [6, 6.07) is 21.4. The first-order chi connectivity index (χ1) is 14.7. The monoisotopic (exact) mass is 400 g/mol. The molecule has 0 radical (unpaired) electrons. The maximum absolute atomic E-state index is 13.6. The summed E-state index contributed by atoms with van der Waals surface area (Å²) in [6.45, 7) is 4.69. The number of hydrogen-bond acceptors (Lipinski definition) is 3. The van der Waals surface area contributed by atoms with E-state index in [-0.39, 0.29) is 11.9 Å². The van der Waals surface area contributed by atoms with Gasteiger partial charge in [0.1, 0.15) is 0 Å². The Bertz CT molecular complexity index is 1010.